The lowest BCUT2D eigenvalue weighted by Gasteiger charge is -2.29. The lowest BCUT2D eigenvalue weighted by Crippen LogP contribution is -2.52. The molecule has 1 fully saturated rings. The van der Waals surface area contributed by atoms with Crippen molar-refractivity contribution in [1.29, 1.82) is 0 Å². The van der Waals surface area contributed by atoms with Crippen LogP contribution in [0.2, 0.25) is 0 Å². The van der Waals surface area contributed by atoms with Crippen LogP contribution < -0.4 is 10.1 Å². The average Bonchev–Trinajstić information content (AvgIpc) is 2.53. The molecular weight excluding hydrogens is 400 g/mol. The Kier molecular flexibility index (Phi) is 6.22. The minimum Gasteiger partial charge on any atom is -0.484 e. The Morgan fingerprint density at radius 1 is 1.25 bits per heavy atom. The number of nitrogens with zero attached hydrogens (tertiary/aromatic N) is 1. The summed E-state index contributed by atoms with van der Waals surface area (Å²) in [5, 5.41) is 2.57. The standard InChI is InChI=1S/C15H19BrN2O5S/c1-11(15(20)18-6-8-24(21,22)9-7-18)17-14(19)10-23-13-4-2-12(16)3-5-13/h2-5,11H,6-10H2,1H3,(H,17,19). The summed E-state index contributed by atoms with van der Waals surface area (Å²) in [6.07, 6.45) is 0. The molecule has 1 aromatic rings. The topological polar surface area (TPSA) is 92.8 Å². The SMILES string of the molecule is CC(NC(=O)COc1ccc(Br)cc1)C(=O)N1CCS(=O)(=O)CC1. The van der Waals surface area contributed by atoms with E-state index in [0.29, 0.717) is 5.75 Å². The summed E-state index contributed by atoms with van der Waals surface area (Å²) in [6.45, 7) is 1.70. The zero-order valence-electron chi connectivity index (χ0n) is 13.2. The lowest BCUT2D eigenvalue weighted by molar-refractivity contribution is -0.136. The molecule has 1 saturated heterocycles. The van der Waals surface area contributed by atoms with E-state index in [1.165, 1.54) is 4.90 Å². The molecule has 1 heterocycles. The van der Waals surface area contributed by atoms with Gasteiger partial charge in [-0.1, -0.05) is 15.9 Å². The van der Waals surface area contributed by atoms with Crippen molar-refractivity contribution in [2.24, 2.45) is 0 Å². The second kappa shape index (κ2) is 7.98. The number of hydrogen-bond donors (Lipinski definition) is 1. The predicted molar refractivity (Wildman–Crippen MR) is 92.5 cm³/mol. The van der Waals surface area contributed by atoms with Gasteiger partial charge in [-0.3, -0.25) is 9.59 Å². The largest absolute Gasteiger partial charge is 0.484 e. The van der Waals surface area contributed by atoms with E-state index >= 15 is 0 Å². The van der Waals surface area contributed by atoms with Crippen LogP contribution in [0.5, 0.6) is 5.75 Å². The van der Waals surface area contributed by atoms with Crippen LogP contribution in [-0.2, 0) is 19.4 Å². The Morgan fingerprint density at radius 3 is 2.42 bits per heavy atom. The van der Waals surface area contributed by atoms with Gasteiger partial charge < -0.3 is 15.0 Å². The number of carbonyl (C=O) groups is 2. The third-order valence-electron chi connectivity index (χ3n) is 3.59. The normalized spacial score (nSPS) is 17.8. The summed E-state index contributed by atoms with van der Waals surface area (Å²) in [4.78, 5) is 25.6. The van der Waals surface area contributed by atoms with Crippen LogP contribution in [-0.4, -0.2) is 62.4 Å². The number of ether oxygens (including phenoxy) is 1. The fourth-order valence-electron chi connectivity index (χ4n) is 2.23. The van der Waals surface area contributed by atoms with Crippen molar-refractivity contribution in [3.8, 4) is 5.75 Å². The number of rotatable bonds is 5. The number of hydrogen-bond acceptors (Lipinski definition) is 5. The molecule has 0 bridgehead atoms. The van der Waals surface area contributed by atoms with Crippen molar-refractivity contribution >= 4 is 37.6 Å². The Balaban J connectivity index is 1.78. The van der Waals surface area contributed by atoms with E-state index in [-0.39, 0.29) is 37.1 Å². The first-order valence-corrected chi connectivity index (χ1v) is 10.1. The highest BCUT2D eigenvalue weighted by Gasteiger charge is 2.28. The molecule has 1 atom stereocenters. The maximum absolute atomic E-state index is 12.2. The van der Waals surface area contributed by atoms with Crippen LogP contribution in [0.1, 0.15) is 6.92 Å². The second-order valence-corrected chi connectivity index (χ2v) is 8.73. The molecule has 132 valence electrons. The van der Waals surface area contributed by atoms with Gasteiger partial charge in [0.1, 0.15) is 11.8 Å². The van der Waals surface area contributed by atoms with Gasteiger partial charge in [0.05, 0.1) is 11.5 Å². The summed E-state index contributed by atoms with van der Waals surface area (Å²) in [5.74, 6) is -0.225. The van der Waals surface area contributed by atoms with Gasteiger partial charge >= 0.3 is 0 Å². The van der Waals surface area contributed by atoms with E-state index in [1.807, 2.05) is 0 Å². The summed E-state index contributed by atoms with van der Waals surface area (Å²) < 4.78 is 29.0. The first-order valence-electron chi connectivity index (χ1n) is 7.44. The van der Waals surface area contributed by atoms with Crippen LogP contribution in [0.3, 0.4) is 0 Å². The third kappa shape index (κ3) is 5.48. The Hall–Kier alpha value is -1.61. The van der Waals surface area contributed by atoms with Crippen LogP contribution in [0.25, 0.3) is 0 Å². The van der Waals surface area contributed by atoms with E-state index in [1.54, 1.807) is 31.2 Å². The molecule has 0 saturated carbocycles. The molecule has 0 spiro atoms. The minimum absolute atomic E-state index is 0.0356. The lowest BCUT2D eigenvalue weighted by atomic mass is 10.2. The second-order valence-electron chi connectivity index (χ2n) is 5.51. The van der Waals surface area contributed by atoms with Gasteiger partial charge in [0.25, 0.3) is 5.91 Å². The molecule has 1 unspecified atom stereocenters. The number of nitrogens with one attached hydrogen (secondary N) is 1. The molecule has 0 aromatic heterocycles. The minimum atomic E-state index is -3.04. The molecule has 1 aliphatic rings. The molecule has 24 heavy (non-hydrogen) atoms. The molecule has 9 heteroatoms. The highest BCUT2D eigenvalue weighted by molar-refractivity contribution is 9.10. The fraction of sp³-hybridized carbons (Fsp3) is 0.467. The predicted octanol–water partition coefficient (Wildman–Crippen LogP) is 0.590. The van der Waals surface area contributed by atoms with Crippen molar-refractivity contribution < 1.29 is 22.7 Å². The quantitative estimate of drug-likeness (QED) is 0.754. The first-order chi connectivity index (χ1) is 11.3. The van der Waals surface area contributed by atoms with E-state index < -0.39 is 21.8 Å². The number of amides is 2. The number of benzene rings is 1. The third-order valence-corrected chi connectivity index (χ3v) is 5.73. The highest BCUT2D eigenvalue weighted by Crippen LogP contribution is 2.15. The number of sulfone groups is 1. The van der Waals surface area contributed by atoms with Gasteiger partial charge in [0.2, 0.25) is 5.91 Å². The van der Waals surface area contributed by atoms with Crippen molar-refractivity contribution in [1.82, 2.24) is 10.2 Å². The van der Waals surface area contributed by atoms with Gasteiger partial charge in [-0.2, -0.15) is 0 Å². The molecule has 1 aromatic carbocycles. The fourth-order valence-corrected chi connectivity index (χ4v) is 3.70. The van der Waals surface area contributed by atoms with Gasteiger partial charge in [-0.15, -0.1) is 0 Å². The zero-order chi connectivity index (χ0) is 17.7. The van der Waals surface area contributed by atoms with Crippen LogP contribution in [0.15, 0.2) is 28.7 Å². The summed E-state index contributed by atoms with van der Waals surface area (Å²) in [5.41, 5.74) is 0. The van der Waals surface area contributed by atoms with Crippen LogP contribution in [0, 0.1) is 0 Å². The smallest absolute Gasteiger partial charge is 0.258 e. The average molecular weight is 419 g/mol. The number of halogens is 1. The molecular formula is C15H19BrN2O5S. The van der Waals surface area contributed by atoms with Crippen LogP contribution in [0.4, 0.5) is 0 Å². The maximum Gasteiger partial charge on any atom is 0.258 e. The van der Waals surface area contributed by atoms with Crippen molar-refractivity contribution in [3.05, 3.63) is 28.7 Å². The summed E-state index contributed by atoms with van der Waals surface area (Å²) in [7, 11) is -3.04. The molecule has 7 nitrogen and oxygen atoms in total. The van der Waals surface area contributed by atoms with E-state index in [9.17, 15) is 18.0 Å². The van der Waals surface area contributed by atoms with Gasteiger partial charge in [-0.25, -0.2) is 8.42 Å². The van der Waals surface area contributed by atoms with Gasteiger partial charge in [-0.05, 0) is 31.2 Å². The molecule has 0 radical (unpaired) electrons. The molecule has 2 amide bonds. The van der Waals surface area contributed by atoms with Gasteiger partial charge in [0, 0.05) is 17.6 Å². The first kappa shape index (κ1) is 18.7. The van der Waals surface area contributed by atoms with Crippen molar-refractivity contribution in [2.45, 2.75) is 13.0 Å². The van der Waals surface area contributed by atoms with E-state index in [2.05, 4.69) is 21.2 Å². The summed E-state index contributed by atoms with van der Waals surface area (Å²) in [6, 6.07) is 6.31. The van der Waals surface area contributed by atoms with Crippen LogP contribution >= 0.6 is 15.9 Å². The molecule has 1 N–H and O–H groups in total. The Bertz CT molecular complexity index is 691. The maximum atomic E-state index is 12.2. The van der Waals surface area contributed by atoms with Crippen molar-refractivity contribution in [2.75, 3.05) is 31.2 Å². The summed E-state index contributed by atoms with van der Waals surface area (Å²) >= 11 is 3.30. The molecule has 2 rings (SSSR count). The van der Waals surface area contributed by atoms with E-state index in [4.69, 9.17) is 4.74 Å². The van der Waals surface area contributed by atoms with Gasteiger partial charge in [0.15, 0.2) is 16.4 Å². The monoisotopic (exact) mass is 418 g/mol. The number of carbonyl (C=O) groups excluding carboxylic acids is 2. The molecule has 0 aliphatic carbocycles. The Morgan fingerprint density at radius 2 is 1.83 bits per heavy atom. The zero-order valence-corrected chi connectivity index (χ0v) is 15.6. The highest BCUT2D eigenvalue weighted by atomic mass is 79.9. The Labute approximate surface area is 149 Å². The molecule has 1 aliphatic heterocycles. The van der Waals surface area contributed by atoms with Crippen molar-refractivity contribution in [3.63, 3.8) is 0 Å². The van der Waals surface area contributed by atoms with E-state index in [0.717, 1.165) is 4.47 Å².